The largest absolute Gasteiger partial charge is 0.481 e. The zero-order valence-electron chi connectivity index (χ0n) is 16.6. The van der Waals surface area contributed by atoms with Gasteiger partial charge in [0.25, 0.3) is 0 Å². The van der Waals surface area contributed by atoms with E-state index < -0.39 is 23.8 Å². The third kappa shape index (κ3) is 4.79. The molecule has 2 aromatic rings. The minimum absolute atomic E-state index is 0.118. The van der Waals surface area contributed by atoms with Crippen LogP contribution < -0.4 is 0 Å². The van der Waals surface area contributed by atoms with Gasteiger partial charge in [-0.05, 0) is 43.7 Å². The molecule has 2 aromatic carbocycles. The van der Waals surface area contributed by atoms with Crippen LogP contribution in [0.4, 0.5) is 0 Å². The summed E-state index contributed by atoms with van der Waals surface area (Å²) in [6, 6.07) is 16.2. The molecular formula is C24H20ClNO4. The van der Waals surface area contributed by atoms with Gasteiger partial charge in [0.05, 0.1) is 5.57 Å². The summed E-state index contributed by atoms with van der Waals surface area (Å²) in [5, 5.41) is 10.3. The summed E-state index contributed by atoms with van der Waals surface area (Å²) in [6.45, 7) is 3.20. The summed E-state index contributed by atoms with van der Waals surface area (Å²) >= 11 is 6.12. The Morgan fingerprint density at radius 2 is 1.87 bits per heavy atom. The minimum atomic E-state index is -1.07. The van der Waals surface area contributed by atoms with Gasteiger partial charge in [-0.25, -0.2) is 4.79 Å². The third-order valence-corrected chi connectivity index (χ3v) is 5.04. The predicted octanol–water partition coefficient (Wildman–Crippen LogP) is 4.47. The van der Waals surface area contributed by atoms with Gasteiger partial charge in [0.1, 0.15) is 5.92 Å². The van der Waals surface area contributed by atoms with Crippen LogP contribution in [0.25, 0.3) is 0 Å². The van der Waals surface area contributed by atoms with Crippen LogP contribution in [0.2, 0.25) is 5.02 Å². The number of benzene rings is 2. The molecule has 1 N–H and O–H groups in total. The van der Waals surface area contributed by atoms with E-state index in [2.05, 4.69) is 16.8 Å². The normalized spacial score (nSPS) is 18.2. The second kappa shape index (κ2) is 9.43. The lowest BCUT2D eigenvalue weighted by molar-refractivity contribution is -0.140. The van der Waals surface area contributed by atoms with Crippen LogP contribution in [0.3, 0.4) is 0 Å². The molecule has 1 aliphatic rings. The minimum Gasteiger partial charge on any atom is -0.481 e. The number of ether oxygens (including phenoxy) is 1. The molecule has 0 fully saturated rings. The highest BCUT2D eigenvalue weighted by molar-refractivity contribution is 6.30. The first-order chi connectivity index (χ1) is 14.4. The number of allylic oxidation sites excluding steroid dienone is 1. The van der Waals surface area contributed by atoms with Crippen molar-refractivity contribution in [2.45, 2.75) is 19.8 Å². The molecular weight excluding hydrogens is 402 g/mol. The number of carbonyl (C=O) groups excluding carboxylic acids is 1. The average molecular weight is 422 g/mol. The second-order valence-corrected chi connectivity index (χ2v) is 7.28. The quantitative estimate of drug-likeness (QED) is 0.583. The third-order valence-electron chi connectivity index (χ3n) is 4.80. The molecule has 0 saturated carbocycles. The molecule has 5 nitrogen and oxygen atoms in total. The fourth-order valence-corrected chi connectivity index (χ4v) is 3.72. The van der Waals surface area contributed by atoms with Gasteiger partial charge in [-0.15, -0.1) is 0 Å². The lowest BCUT2D eigenvalue weighted by Crippen LogP contribution is -2.35. The van der Waals surface area contributed by atoms with Crippen molar-refractivity contribution in [1.82, 2.24) is 0 Å². The van der Waals surface area contributed by atoms with Crippen LogP contribution in [0.5, 0.6) is 0 Å². The standard InChI is InChI=1S/C24H20ClNO4/c1-15-20(23(27)28)22(18-11-6-12-19(25)14-18)21(16(2)26-15)24(29)30-13-7-10-17-8-4-3-5-9-17/h3-6,8-9,11-12,14,20,22H,13H2,1-2H3,(H,27,28). The lowest BCUT2D eigenvalue weighted by Gasteiger charge is -2.30. The van der Waals surface area contributed by atoms with E-state index in [1.54, 1.807) is 38.1 Å². The van der Waals surface area contributed by atoms with Gasteiger partial charge in [-0.3, -0.25) is 9.79 Å². The van der Waals surface area contributed by atoms with Crippen LogP contribution in [-0.2, 0) is 14.3 Å². The first kappa shape index (κ1) is 21.4. The number of carboxylic acids is 1. The van der Waals surface area contributed by atoms with E-state index in [0.29, 0.717) is 22.0 Å². The summed E-state index contributed by atoms with van der Waals surface area (Å²) in [4.78, 5) is 29.2. The molecule has 0 amide bonds. The van der Waals surface area contributed by atoms with Crippen molar-refractivity contribution in [1.29, 1.82) is 0 Å². The predicted molar refractivity (Wildman–Crippen MR) is 115 cm³/mol. The van der Waals surface area contributed by atoms with Crippen LogP contribution in [0.15, 0.2) is 70.9 Å². The first-order valence-corrected chi connectivity index (χ1v) is 9.71. The SMILES string of the molecule is CC1=NC(C)=C(C(=O)OCC#Cc2ccccc2)C(c2cccc(Cl)c2)C1C(=O)O. The molecule has 0 spiro atoms. The zero-order chi connectivity index (χ0) is 21.7. The maximum absolute atomic E-state index is 12.9. The maximum Gasteiger partial charge on any atom is 0.337 e. The topological polar surface area (TPSA) is 76.0 Å². The molecule has 6 heteroatoms. The van der Waals surface area contributed by atoms with Crippen LogP contribution in [0.1, 0.15) is 30.9 Å². The number of hydrogen-bond donors (Lipinski definition) is 1. The lowest BCUT2D eigenvalue weighted by atomic mass is 9.75. The highest BCUT2D eigenvalue weighted by Gasteiger charge is 2.41. The summed E-state index contributed by atoms with van der Waals surface area (Å²) in [5.41, 5.74) is 2.48. The summed E-state index contributed by atoms with van der Waals surface area (Å²) in [5.74, 6) is 2.27. The Morgan fingerprint density at radius 1 is 1.13 bits per heavy atom. The van der Waals surface area contributed by atoms with E-state index in [0.717, 1.165) is 5.56 Å². The van der Waals surface area contributed by atoms with Crippen molar-refractivity contribution in [3.05, 3.63) is 82.0 Å². The molecule has 0 saturated heterocycles. The maximum atomic E-state index is 12.9. The molecule has 1 aliphatic heterocycles. The number of aliphatic carboxylic acids is 1. The van der Waals surface area contributed by atoms with Crippen LogP contribution >= 0.6 is 11.6 Å². The number of rotatable bonds is 4. The van der Waals surface area contributed by atoms with Gasteiger partial charge in [0.2, 0.25) is 0 Å². The van der Waals surface area contributed by atoms with Crippen molar-refractivity contribution in [2.24, 2.45) is 10.9 Å². The van der Waals surface area contributed by atoms with Gasteiger partial charge in [0.15, 0.2) is 6.61 Å². The van der Waals surface area contributed by atoms with Crippen molar-refractivity contribution in [3.8, 4) is 11.8 Å². The highest BCUT2D eigenvalue weighted by Crippen LogP contribution is 2.40. The number of carboxylic acid groups (broad SMARTS) is 1. The molecule has 30 heavy (non-hydrogen) atoms. The van der Waals surface area contributed by atoms with E-state index in [1.165, 1.54) is 0 Å². The Bertz CT molecular complexity index is 1090. The van der Waals surface area contributed by atoms with Gasteiger partial charge >= 0.3 is 11.9 Å². The number of nitrogens with zero attached hydrogens (tertiary/aromatic N) is 1. The number of esters is 1. The molecule has 1 heterocycles. The molecule has 0 radical (unpaired) electrons. The Morgan fingerprint density at radius 3 is 2.53 bits per heavy atom. The molecule has 0 aliphatic carbocycles. The summed E-state index contributed by atoms with van der Waals surface area (Å²) < 4.78 is 5.35. The molecule has 2 unspecified atom stereocenters. The van der Waals surface area contributed by atoms with Crippen molar-refractivity contribution in [2.75, 3.05) is 6.61 Å². The number of aliphatic imine (C=N–C) groups is 1. The Hall–Kier alpha value is -3.36. The first-order valence-electron chi connectivity index (χ1n) is 9.33. The second-order valence-electron chi connectivity index (χ2n) is 6.84. The van der Waals surface area contributed by atoms with Gasteiger partial charge < -0.3 is 9.84 Å². The van der Waals surface area contributed by atoms with Crippen molar-refractivity contribution < 1.29 is 19.4 Å². The van der Waals surface area contributed by atoms with Crippen molar-refractivity contribution >= 4 is 29.3 Å². The number of carbonyl (C=O) groups is 2. The molecule has 152 valence electrons. The zero-order valence-corrected chi connectivity index (χ0v) is 17.3. The fraction of sp³-hybridized carbons (Fsp3) is 0.208. The monoisotopic (exact) mass is 421 g/mol. The van der Waals surface area contributed by atoms with Gasteiger partial charge in [-0.2, -0.15) is 0 Å². The van der Waals surface area contributed by atoms with Crippen LogP contribution in [0, 0.1) is 17.8 Å². The Balaban J connectivity index is 1.90. The van der Waals surface area contributed by atoms with E-state index in [1.807, 2.05) is 30.3 Å². The highest BCUT2D eigenvalue weighted by atomic mass is 35.5. The molecule has 3 rings (SSSR count). The Kier molecular flexibility index (Phi) is 6.71. The van der Waals surface area contributed by atoms with E-state index in [9.17, 15) is 14.7 Å². The van der Waals surface area contributed by atoms with E-state index >= 15 is 0 Å². The van der Waals surface area contributed by atoms with Gasteiger partial charge in [-0.1, -0.05) is 53.8 Å². The Labute approximate surface area is 180 Å². The number of halogens is 1. The van der Waals surface area contributed by atoms with Gasteiger partial charge in [0, 0.05) is 27.9 Å². The summed E-state index contributed by atoms with van der Waals surface area (Å²) in [7, 11) is 0. The smallest absolute Gasteiger partial charge is 0.337 e. The molecule has 0 aromatic heterocycles. The van der Waals surface area contributed by atoms with Crippen molar-refractivity contribution in [3.63, 3.8) is 0 Å². The molecule has 0 bridgehead atoms. The van der Waals surface area contributed by atoms with Crippen LogP contribution in [-0.4, -0.2) is 29.4 Å². The van der Waals surface area contributed by atoms with E-state index in [-0.39, 0.29) is 12.2 Å². The van der Waals surface area contributed by atoms with E-state index in [4.69, 9.17) is 16.3 Å². The molecule has 2 atom stereocenters. The fourth-order valence-electron chi connectivity index (χ4n) is 3.52. The summed E-state index contributed by atoms with van der Waals surface area (Å²) in [6.07, 6.45) is 0. The number of hydrogen-bond acceptors (Lipinski definition) is 4. The average Bonchev–Trinajstić information content (AvgIpc) is 2.71.